The summed E-state index contributed by atoms with van der Waals surface area (Å²) in [6.45, 7) is -0.794. The summed E-state index contributed by atoms with van der Waals surface area (Å²) in [6, 6.07) is 5.21. The Morgan fingerprint density at radius 2 is 2.07 bits per heavy atom. The highest BCUT2D eigenvalue weighted by atomic mass is 19.3. The van der Waals surface area contributed by atoms with Crippen LogP contribution in [0.25, 0.3) is 11.1 Å². The first-order valence-electron chi connectivity index (χ1n) is 7.85. The Hall–Kier alpha value is -3.56. The number of nitrogens with two attached hydrogens (primary N) is 1. The number of halogens is 2. The highest BCUT2D eigenvalue weighted by Crippen LogP contribution is 2.27. The summed E-state index contributed by atoms with van der Waals surface area (Å²) in [4.78, 5) is 20.0. The summed E-state index contributed by atoms with van der Waals surface area (Å²) in [5.41, 5.74) is 8.40. The number of carbonyl (C=O) groups excluding carboxylic acids is 1. The number of hydrogen-bond donors (Lipinski definition) is 2. The van der Waals surface area contributed by atoms with Crippen LogP contribution in [0.4, 0.5) is 20.2 Å². The molecule has 0 fully saturated rings. The highest BCUT2D eigenvalue weighted by Gasteiger charge is 2.13. The highest BCUT2D eigenvalue weighted by molar-refractivity contribution is 6.04. The number of alkyl halides is 2. The first kappa shape index (κ1) is 18.2. The number of anilines is 2. The molecule has 0 aliphatic heterocycles. The molecule has 1 amide bonds. The van der Waals surface area contributed by atoms with Gasteiger partial charge in [-0.2, -0.15) is 5.10 Å². The van der Waals surface area contributed by atoms with E-state index in [4.69, 9.17) is 10.5 Å². The van der Waals surface area contributed by atoms with E-state index in [2.05, 4.69) is 20.4 Å². The molecule has 2 heterocycles. The minimum absolute atomic E-state index is 0.00872. The maximum atomic E-state index is 12.3. The topological polar surface area (TPSA) is 108 Å². The molecule has 8 nitrogen and oxygen atoms in total. The van der Waals surface area contributed by atoms with Gasteiger partial charge in [-0.1, -0.05) is 6.07 Å². The van der Waals surface area contributed by atoms with Crippen LogP contribution in [-0.2, 0) is 7.05 Å². The number of aromatic nitrogens is 4. The van der Waals surface area contributed by atoms with Gasteiger partial charge in [0.2, 0.25) is 5.88 Å². The normalized spacial score (nSPS) is 10.8. The Kier molecular flexibility index (Phi) is 5.25. The van der Waals surface area contributed by atoms with E-state index in [9.17, 15) is 13.6 Å². The van der Waals surface area contributed by atoms with Crippen molar-refractivity contribution in [2.45, 2.75) is 6.43 Å². The molecule has 0 bridgehead atoms. The number of nitrogens with one attached hydrogen (secondary N) is 1. The van der Waals surface area contributed by atoms with Crippen LogP contribution in [0.2, 0.25) is 0 Å². The van der Waals surface area contributed by atoms with Crippen LogP contribution in [0.5, 0.6) is 5.88 Å². The van der Waals surface area contributed by atoms with Crippen molar-refractivity contribution in [3.8, 4) is 17.0 Å². The average molecular weight is 374 g/mol. The zero-order valence-corrected chi connectivity index (χ0v) is 14.3. The lowest BCUT2D eigenvalue weighted by Crippen LogP contribution is -2.15. The molecule has 0 atom stereocenters. The smallest absolute Gasteiger partial charge is 0.275 e. The summed E-state index contributed by atoms with van der Waals surface area (Å²) in [6.07, 6.45) is 3.15. The predicted molar refractivity (Wildman–Crippen MR) is 94.5 cm³/mol. The molecule has 0 unspecified atom stereocenters. The zero-order valence-electron chi connectivity index (χ0n) is 14.3. The van der Waals surface area contributed by atoms with Crippen molar-refractivity contribution >= 4 is 17.3 Å². The lowest BCUT2D eigenvalue weighted by molar-refractivity contribution is 0.0792. The second kappa shape index (κ2) is 7.77. The lowest BCUT2D eigenvalue weighted by atomic mass is 10.1. The van der Waals surface area contributed by atoms with E-state index in [0.717, 1.165) is 23.5 Å². The molecule has 3 rings (SSSR count). The number of amides is 1. The van der Waals surface area contributed by atoms with Gasteiger partial charge in [-0.25, -0.2) is 18.7 Å². The number of nitrogens with zero attached hydrogens (tertiary/aromatic N) is 4. The number of aryl methyl sites for hydroxylation is 1. The Balaban J connectivity index is 1.73. The summed E-state index contributed by atoms with van der Waals surface area (Å²) in [7, 11) is 1.80. The first-order valence-corrected chi connectivity index (χ1v) is 7.85. The van der Waals surface area contributed by atoms with Crippen LogP contribution in [0.1, 0.15) is 10.5 Å². The van der Waals surface area contributed by atoms with Gasteiger partial charge in [0.15, 0.2) is 6.61 Å². The summed E-state index contributed by atoms with van der Waals surface area (Å²) in [5, 5.41) is 6.77. The van der Waals surface area contributed by atoms with Crippen LogP contribution in [0.15, 0.2) is 43.0 Å². The van der Waals surface area contributed by atoms with Gasteiger partial charge in [0.1, 0.15) is 5.69 Å². The van der Waals surface area contributed by atoms with E-state index >= 15 is 0 Å². The fourth-order valence-corrected chi connectivity index (χ4v) is 2.26. The Morgan fingerprint density at radius 1 is 1.26 bits per heavy atom. The van der Waals surface area contributed by atoms with Crippen molar-refractivity contribution in [2.24, 2.45) is 7.05 Å². The number of carbonyl (C=O) groups is 1. The van der Waals surface area contributed by atoms with Gasteiger partial charge in [0, 0.05) is 18.8 Å². The summed E-state index contributed by atoms with van der Waals surface area (Å²) >= 11 is 0. The van der Waals surface area contributed by atoms with E-state index in [1.54, 1.807) is 30.1 Å². The van der Waals surface area contributed by atoms with E-state index in [1.807, 2.05) is 12.3 Å². The van der Waals surface area contributed by atoms with Crippen molar-refractivity contribution in [3.63, 3.8) is 0 Å². The molecule has 0 radical (unpaired) electrons. The first-order chi connectivity index (χ1) is 12.9. The Bertz CT molecular complexity index is 943. The van der Waals surface area contributed by atoms with E-state index in [0.29, 0.717) is 11.4 Å². The maximum absolute atomic E-state index is 12.3. The molecule has 2 aromatic heterocycles. The number of ether oxygens (including phenoxy) is 1. The van der Waals surface area contributed by atoms with Crippen molar-refractivity contribution < 1.29 is 18.3 Å². The maximum Gasteiger partial charge on any atom is 0.275 e. The molecule has 27 heavy (non-hydrogen) atoms. The van der Waals surface area contributed by atoms with Crippen LogP contribution < -0.4 is 15.8 Å². The third-order valence-electron chi connectivity index (χ3n) is 3.56. The fourth-order valence-electron chi connectivity index (χ4n) is 2.26. The molecule has 140 valence electrons. The molecule has 0 aliphatic rings. The average Bonchev–Trinajstić information content (AvgIpc) is 3.08. The minimum Gasteiger partial charge on any atom is -0.470 e. The van der Waals surface area contributed by atoms with Crippen molar-refractivity contribution in [1.29, 1.82) is 0 Å². The molecular formula is C17H16F2N6O2. The lowest BCUT2D eigenvalue weighted by Gasteiger charge is -2.10. The fraction of sp³-hybridized carbons (Fsp3) is 0.176. The Labute approximate surface area is 153 Å². The quantitative estimate of drug-likeness (QED) is 0.641. The van der Waals surface area contributed by atoms with Gasteiger partial charge < -0.3 is 15.8 Å². The van der Waals surface area contributed by atoms with Crippen molar-refractivity contribution in [3.05, 3.63) is 48.7 Å². The second-order valence-corrected chi connectivity index (χ2v) is 5.60. The van der Waals surface area contributed by atoms with Crippen LogP contribution in [-0.4, -0.2) is 38.7 Å². The van der Waals surface area contributed by atoms with Crippen LogP contribution >= 0.6 is 0 Å². The second-order valence-electron chi connectivity index (χ2n) is 5.60. The minimum atomic E-state index is -2.62. The summed E-state index contributed by atoms with van der Waals surface area (Å²) in [5.74, 6) is -0.636. The third-order valence-corrected chi connectivity index (χ3v) is 3.56. The SMILES string of the molecule is Cn1cc(-c2ccc(N)c(NC(=O)c3cnc(OCC(F)F)cn3)c2)cn1. The van der Waals surface area contributed by atoms with Crippen LogP contribution in [0, 0.1) is 0 Å². The number of hydrogen-bond acceptors (Lipinski definition) is 6. The molecule has 3 N–H and O–H groups in total. The van der Waals surface area contributed by atoms with Gasteiger partial charge >= 0.3 is 0 Å². The molecule has 0 saturated carbocycles. The molecule has 1 aromatic carbocycles. The van der Waals surface area contributed by atoms with Gasteiger partial charge in [-0.15, -0.1) is 0 Å². The molecule has 0 saturated heterocycles. The number of rotatable bonds is 6. The molecular weight excluding hydrogens is 358 g/mol. The van der Waals surface area contributed by atoms with Gasteiger partial charge in [0.05, 0.1) is 30.0 Å². The van der Waals surface area contributed by atoms with Crippen LogP contribution in [0.3, 0.4) is 0 Å². The number of nitrogen functional groups attached to an aromatic ring is 1. The van der Waals surface area contributed by atoms with E-state index in [1.165, 1.54) is 0 Å². The standard InChI is InChI=1S/C17H16F2N6O2/c1-25-8-11(5-23-25)10-2-3-12(20)13(4-10)24-17(26)14-6-22-16(7-21-14)27-9-15(18)19/h2-8,15H,9,20H2,1H3,(H,24,26). The van der Waals surface area contributed by atoms with E-state index < -0.39 is 18.9 Å². The molecule has 3 aromatic rings. The van der Waals surface area contributed by atoms with Gasteiger partial charge in [-0.05, 0) is 17.7 Å². The predicted octanol–water partition coefficient (Wildman–Crippen LogP) is 2.36. The summed E-state index contributed by atoms with van der Waals surface area (Å²) < 4.78 is 30.6. The van der Waals surface area contributed by atoms with E-state index in [-0.39, 0.29) is 11.6 Å². The molecule has 0 spiro atoms. The monoisotopic (exact) mass is 374 g/mol. The molecule has 0 aliphatic carbocycles. The largest absolute Gasteiger partial charge is 0.470 e. The van der Waals surface area contributed by atoms with Crippen molar-refractivity contribution in [2.75, 3.05) is 17.7 Å². The Morgan fingerprint density at radius 3 is 2.70 bits per heavy atom. The third kappa shape index (κ3) is 4.54. The molecule has 10 heteroatoms. The van der Waals surface area contributed by atoms with Gasteiger partial charge in [0.25, 0.3) is 12.3 Å². The van der Waals surface area contributed by atoms with Crippen molar-refractivity contribution in [1.82, 2.24) is 19.7 Å². The number of benzene rings is 1. The zero-order chi connectivity index (χ0) is 19.4. The van der Waals surface area contributed by atoms with Gasteiger partial charge in [-0.3, -0.25) is 9.48 Å².